The van der Waals surface area contributed by atoms with Crippen LogP contribution >= 0.6 is 0 Å². The Balaban J connectivity index is 2.52. The molecule has 0 fully saturated rings. The molecule has 1 heterocycles. The van der Waals surface area contributed by atoms with E-state index >= 15 is 0 Å². The summed E-state index contributed by atoms with van der Waals surface area (Å²) in [6, 6.07) is 8.37. The average Bonchev–Trinajstić information content (AvgIpc) is 2.75. The van der Waals surface area contributed by atoms with Crippen LogP contribution in [0.1, 0.15) is 24.5 Å². The third kappa shape index (κ3) is 2.37. The Morgan fingerprint density at radius 1 is 1.42 bits per heavy atom. The zero-order valence-electron chi connectivity index (χ0n) is 12.2. The highest BCUT2D eigenvalue weighted by molar-refractivity contribution is 5.87. The smallest absolute Gasteiger partial charge is 0.228 e. The van der Waals surface area contributed by atoms with Crippen molar-refractivity contribution in [3.63, 3.8) is 0 Å². The second-order valence-corrected chi connectivity index (χ2v) is 5.09. The first-order chi connectivity index (χ1) is 9.10. The Morgan fingerprint density at radius 2 is 2.11 bits per heavy atom. The van der Waals surface area contributed by atoms with Gasteiger partial charge in [0.05, 0.1) is 5.92 Å². The van der Waals surface area contributed by atoms with E-state index in [9.17, 15) is 4.79 Å². The van der Waals surface area contributed by atoms with Crippen molar-refractivity contribution in [2.45, 2.75) is 20.3 Å². The molecule has 3 nitrogen and oxygen atoms in total. The molecule has 0 saturated heterocycles. The molecule has 2 rings (SSSR count). The number of hydrogen-bond acceptors (Lipinski definition) is 2. The Kier molecular flexibility index (Phi) is 3.93. The maximum atomic E-state index is 12.0. The van der Waals surface area contributed by atoms with Crippen molar-refractivity contribution in [3.05, 3.63) is 41.0 Å². The van der Waals surface area contributed by atoms with E-state index in [0.29, 0.717) is 0 Å². The SMILES string of the molecule is CCC1=C(c2ccccc2C)N(C)CC1C(=O)NC. The zero-order valence-corrected chi connectivity index (χ0v) is 12.2. The molecule has 1 unspecified atom stereocenters. The molecule has 1 atom stereocenters. The molecule has 0 aliphatic carbocycles. The van der Waals surface area contributed by atoms with Crippen LogP contribution in [0.15, 0.2) is 29.8 Å². The maximum absolute atomic E-state index is 12.0. The van der Waals surface area contributed by atoms with Gasteiger partial charge in [0, 0.05) is 31.9 Å². The van der Waals surface area contributed by atoms with E-state index in [1.165, 1.54) is 22.4 Å². The first-order valence-corrected chi connectivity index (χ1v) is 6.81. The highest BCUT2D eigenvalue weighted by Crippen LogP contribution is 2.37. The van der Waals surface area contributed by atoms with Gasteiger partial charge >= 0.3 is 0 Å². The van der Waals surface area contributed by atoms with E-state index in [2.05, 4.69) is 55.4 Å². The standard InChI is InChI=1S/C16H22N2O/c1-5-12-14(16(19)17-3)10-18(4)15(12)13-9-7-6-8-11(13)2/h6-9,14H,5,10H2,1-4H3,(H,17,19). The number of benzene rings is 1. The lowest BCUT2D eigenvalue weighted by Crippen LogP contribution is -2.31. The molecule has 102 valence electrons. The molecule has 0 saturated carbocycles. The molecule has 3 heteroatoms. The number of rotatable bonds is 3. The number of aryl methyl sites for hydroxylation is 1. The van der Waals surface area contributed by atoms with Gasteiger partial charge in [0.25, 0.3) is 0 Å². The van der Waals surface area contributed by atoms with Gasteiger partial charge in [-0.3, -0.25) is 4.79 Å². The van der Waals surface area contributed by atoms with Gasteiger partial charge in [-0.2, -0.15) is 0 Å². The third-order valence-electron chi connectivity index (χ3n) is 3.91. The molecule has 1 N–H and O–H groups in total. The van der Waals surface area contributed by atoms with E-state index in [1.807, 2.05) is 0 Å². The summed E-state index contributed by atoms with van der Waals surface area (Å²) in [6.07, 6.45) is 0.909. The minimum atomic E-state index is -0.0189. The molecule has 1 aromatic rings. The fraction of sp³-hybridized carbons (Fsp3) is 0.438. The van der Waals surface area contributed by atoms with Crippen LogP contribution in [0.25, 0.3) is 5.70 Å². The highest BCUT2D eigenvalue weighted by atomic mass is 16.1. The average molecular weight is 258 g/mol. The van der Waals surface area contributed by atoms with Crippen LogP contribution in [0.5, 0.6) is 0 Å². The van der Waals surface area contributed by atoms with Crippen molar-refractivity contribution in [1.29, 1.82) is 0 Å². The van der Waals surface area contributed by atoms with E-state index < -0.39 is 0 Å². The molecule has 0 aromatic heterocycles. The van der Waals surface area contributed by atoms with Crippen LogP contribution in [-0.2, 0) is 4.79 Å². The number of carbonyl (C=O) groups is 1. The molecule has 1 aliphatic heterocycles. The lowest BCUT2D eigenvalue weighted by Gasteiger charge is -2.18. The molecule has 1 aromatic carbocycles. The lowest BCUT2D eigenvalue weighted by molar-refractivity contribution is -0.123. The third-order valence-corrected chi connectivity index (χ3v) is 3.91. The van der Waals surface area contributed by atoms with Crippen LogP contribution in [0, 0.1) is 12.8 Å². The Morgan fingerprint density at radius 3 is 2.68 bits per heavy atom. The Hall–Kier alpha value is -1.77. The summed E-state index contributed by atoms with van der Waals surface area (Å²) in [6.45, 7) is 5.02. The van der Waals surface area contributed by atoms with E-state index in [1.54, 1.807) is 7.05 Å². The van der Waals surface area contributed by atoms with Crippen molar-refractivity contribution in [3.8, 4) is 0 Å². The first-order valence-electron chi connectivity index (χ1n) is 6.81. The van der Waals surface area contributed by atoms with E-state index in [-0.39, 0.29) is 11.8 Å². The summed E-state index contributed by atoms with van der Waals surface area (Å²) in [4.78, 5) is 14.2. The van der Waals surface area contributed by atoms with Crippen molar-refractivity contribution in [1.82, 2.24) is 10.2 Å². The summed E-state index contributed by atoms with van der Waals surface area (Å²) in [7, 11) is 3.78. The van der Waals surface area contributed by atoms with Crippen molar-refractivity contribution in [2.75, 3.05) is 20.6 Å². The number of nitrogens with one attached hydrogen (secondary N) is 1. The topological polar surface area (TPSA) is 32.3 Å². The summed E-state index contributed by atoms with van der Waals surface area (Å²) < 4.78 is 0. The van der Waals surface area contributed by atoms with E-state index in [4.69, 9.17) is 0 Å². The molecular formula is C16H22N2O. The van der Waals surface area contributed by atoms with Gasteiger partial charge in [-0.05, 0) is 24.5 Å². The van der Waals surface area contributed by atoms with Crippen molar-refractivity contribution < 1.29 is 4.79 Å². The van der Waals surface area contributed by atoms with Crippen molar-refractivity contribution in [2.24, 2.45) is 5.92 Å². The molecule has 19 heavy (non-hydrogen) atoms. The van der Waals surface area contributed by atoms with Gasteiger partial charge in [0.2, 0.25) is 5.91 Å². The van der Waals surface area contributed by atoms with Crippen LogP contribution in [0.4, 0.5) is 0 Å². The fourth-order valence-corrected chi connectivity index (χ4v) is 2.93. The number of amides is 1. The molecule has 1 aliphatic rings. The minimum absolute atomic E-state index is 0.0189. The normalized spacial score (nSPS) is 18.9. The van der Waals surface area contributed by atoms with Crippen molar-refractivity contribution >= 4 is 11.6 Å². The predicted octanol–water partition coefficient (Wildman–Crippen LogP) is 2.42. The summed E-state index contributed by atoms with van der Waals surface area (Å²) >= 11 is 0. The largest absolute Gasteiger partial charge is 0.373 e. The van der Waals surface area contributed by atoms with Crippen LogP contribution < -0.4 is 5.32 Å². The maximum Gasteiger partial charge on any atom is 0.228 e. The zero-order chi connectivity index (χ0) is 14.0. The van der Waals surface area contributed by atoms with Gasteiger partial charge in [-0.25, -0.2) is 0 Å². The van der Waals surface area contributed by atoms with Gasteiger partial charge in [0.1, 0.15) is 0 Å². The summed E-state index contributed by atoms with van der Waals surface area (Å²) in [5.41, 5.74) is 4.98. The van der Waals surface area contributed by atoms with Crippen LogP contribution in [0.2, 0.25) is 0 Å². The van der Waals surface area contributed by atoms with Crippen LogP contribution in [-0.4, -0.2) is 31.4 Å². The quantitative estimate of drug-likeness (QED) is 0.903. The second-order valence-electron chi connectivity index (χ2n) is 5.09. The molecule has 0 radical (unpaired) electrons. The number of carbonyl (C=O) groups excluding carboxylic acids is 1. The van der Waals surface area contributed by atoms with Gasteiger partial charge in [-0.15, -0.1) is 0 Å². The first kappa shape index (κ1) is 13.7. The van der Waals surface area contributed by atoms with Crippen LogP contribution in [0.3, 0.4) is 0 Å². The monoisotopic (exact) mass is 258 g/mol. The number of nitrogens with zero attached hydrogens (tertiary/aromatic N) is 1. The van der Waals surface area contributed by atoms with Gasteiger partial charge < -0.3 is 10.2 Å². The molecule has 1 amide bonds. The number of hydrogen-bond donors (Lipinski definition) is 1. The predicted molar refractivity (Wildman–Crippen MR) is 78.6 cm³/mol. The molecule has 0 spiro atoms. The van der Waals surface area contributed by atoms with Gasteiger partial charge in [0.15, 0.2) is 0 Å². The minimum Gasteiger partial charge on any atom is -0.373 e. The van der Waals surface area contributed by atoms with E-state index in [0.717, 1.165) is 13.0 Å². The van der Waals surface area contributed by atoms with Gasteiger partial charge in [-0.1, -0.05) is 31.2 Å². The fourth-order valence-electron chi connectivity index (χ4n) is 2.93. The lowest BCUT2D eigenvalue weighted by atomic mass is 9.94. The molecule has 0 bridgehead atoms. The molecular weight excluding hydrogens is 236 g/mol. The second kappa shape index (κ2) is 5.47. The Labute approximate surface area is 115 Å². The highest BCUT2D eigenvalue weighted by Gasteiger charge is 2.33. The summed E-state index contributed by atoms with van der Waals surface area (Å²) in [5.74, 6) is 0.0990. The Bertz CT molecular complexity index is 519. The summed E-state index contributed by atoms with van der Waals surface area (Å²) in [5, 5.41) is 2.78.